The minimum Gasteiger partial charge on any atom is -0.367 e. The smallest absolute Gasteiger partial charge is 0.322 e. The van der Waals surface area contributed by atoms with Crippen LogP contribution in [0.15, 0.2) is 23.4 Å². The molecule has 4 N–H and O–H groups in total. The number of amides is 2. The molecule has 0 aliphatic rings. The van der Waals surface area contributed by atoms with Gasteiger partial charge in [0.1, 0.15) is 16.8 Å². The molecule has 1 aromatic heterocycles. The van der Waals surface area contributed by atoms with Gasteiger partial charge in [-0.1, -0.05) is 36.2 Å². The number of aromatic nitrogens is 2. The maximum Gasteiger partial charge on any atom is 0.322 e. The highest BCUT2D eigenvalue weighted by Crippen LogP contribution is 2.39. The van der Waals surface area contributed by atoms with Gasteiger partial charge in [0.2, 0.25) is 5.16 Å². The average molecular weight is 404 g/mol. The van der Waals surface area contributed by atoms with Gasteiger partial charge in [0.15, 0.2) is 0 Å². The van der Waals surface area contributed by atoms with E-state index in [2.05, 4.69) is 20.0 Å². The Morgan fingerprint density at radius 2 is 2.08 bits per heavy atom. The molecule has 2 rings (SSSR count). The standard InChI is InChI=1S/C15H16Cl2FN5OS/c1-3-7(2)20-13-11(10-8(16)5-4-6-9(10)18)12(17)21-15(22-13)25-23-14(19)24/h4-7H,3H2,1-2H3,(H3,19,23,24)(H,20,21,22). The van der Waals surface area contributed by atoms with Crippen molar-refractivity contribution >= 4 is 47.0 Å². The zero-order chi connectivity index (χ0) is 18.6. The number of hydrogen-bond acceptors (Lipinski definition) is 5. The summed E-state index contributed by atoms with van der Waals surface area (Å²) in [5.74, 6) is -0.226. The van der Waals surface area contributed by atoms with Crippen molar-refractivity contribution in [2.24, 2.45) is 5.73 Å². The minimum atomic E-state index is -0.748. The van der Waals surface area contributed by atoms with Crippen LogP contribution in [0, 0.1) is 5.82 Å². The van der Waals surface area contributed by atoms with Gasteiger partial charge in [-0.15, -0.1) is 0 Å². The highest BCUT2D eigenvalue weighted by molar-refractivity contribution is 7.97. The third kappa shape index (κ3) is 4.87. The topological polar surface area (TPSA) is 92.9 Å². The number of primary amides is 1. The maximum absolute atomic E-state index is 14.4. The molecule has 0 spiro atoms. The maximum atomic E-state index is 14.4. The van der Waals surface area contributed by atoms with Gasteiger partial charge in [-0.3, -0.25) is 4.72 Å². The van der Waals surface area contributed by atoms with E-state index < -0.39 is 11.8 Å². The molecule has 0 bridgehead atoms. The Hall–Kier alpha value is -1.77. The minimum absolute atomic E-state index is 0.00146. The van der Waals surface area contributed by atoms with E-state index >= 15 is 0 Å². The molecule has 0 saturated heterocycles. The Labute approximate surface area is 158 Å². The molecule has 0 aliphatic carbocycles. The van der Waals surface area contributed by atoms with Gasteiger partial charge >= 0.3 is 6.03 Å². The Bertz CT molecular complexity index is 773. The van der Waals surface area contributed by atoms with E-state index in [0.29, 0.717) is 5.82 Å². The van der Waals surface area contributed by atoms with Gasteiger partial charge < -0.3 is 11.1 Å². The molecule has 0 radical (unpaired) electrons. The SMILES string of the molecule is CCC(C)Nc1nc(SNC(N)=O)nc(Cl)c1-c1c(F)cccc1Cl. The lowest BCUT2D eigenvalue weighted by Crippen LogP contribution is -2.23. The molecule has 1 heterocycles. The number of carbonyl (C=O) groups is 1. The van der Waals surface area contributed by atoms with E-state index in [9.17, 15) is 9.18 Å². The second kappa shape index (κ2) is 8.55. The predicted octanol–water partition coefficient (Wildman–Crippen LogP) is 4.48. The molecule has 2 amide bonds. The largest absolute Gasteiger partial charge is 0.367 e. The number of carbonyl (C=O) groups excluding carboxylic acids is 1. The highest BCUT2D eigenvalue weighted by atomic mass is 35.5. The van der Waals surface area contributed by atoms with Crippen molar-refractivity contribution in [3.63, 3.8) is 0 Å². The second-order valence-electron chi connectivity index (χ2n) is 5.14. The van der Waals surface area contributed by atoms with Crippen LogP contribution in [0.3, 0.4) is 0 Å². The lowest BCUT2D eigenvalue weighted by Gasteiger charge is -2.18. The third-order valence-corrected chi connectivity index (χ3v) is 4.55. The first-order valence-corrected chi connectivity index (χ1v) is 8.91. The Balaban J connectivity index is 2.59. The molecular weight excluding hydrogens is 388 g/mol. The molecule has 10 heteroatoms. The molecular formula is C15H16Cl2FN5OS. The van der Waals surface area contributed by atoms with Gasteiger partial charge in [0.05, 0.1) is 10.6 Å². The number of hydrogen-bond donors (Lipinski definition) is 3. The first kappa shape index (κ1) is 19.6. The van der Waals surface area contributed by atoms with Gasteiger partial charge in [0.25, 0.3) is 0 Å². The van der Waals surface area contributed by atoms with Crippen LogP contribution in [0.4, 0.5) is 15.0 Å². The lowest BCUT2D eigenvalue weighted by atomic mass is 10.1. The number of nitrogens with one attached hydrogen (secondary N) is 2. The lowest BCUT2D eigenvalue weighted by molar-refractivity contribution is 0.254. The van der Waals surface area contributed by atoms with Crippen LogP contribution in [0.25, 0.3) is 11.1 Å². The summed E-state index contributed by atoms with van der Waals surface area (Å²) in [4.78, 5) is 19.3. The summed E-state index contributed by atoms with van der Waals surface area (Å²) in [6.07, 6.45) is 0.800. The fraction of sp³-hybridized carbons (Fsp3) is 0.267. The van der Waals surface area contributed by atoms with Crippen molar-refractivity contribution in [3.05, 3.63) is 34.2 Å². The van der Waals surface area contributed by atoms with E-state index in [1.54, 1.807) is 6.07 Å². The highest BCUT2D eigenvalue weighted by Gasteiger charge is 2.22. The summed E-state index contributed by atoms with van der Waals surface area (Å²) >= 11 is 13.2. The molecule has 134 valence electrons. The van der Waals surface area contributed by atoms with Crippen LogP contribution in [0.2, 0.25) is 10.2 Å². The molecule has 6 nitrogen and oxygen atoms in total. The first-order chi connectivity index (χ1) is 11.8. The van der Waals surface area contributed by atoms with E-state index in [0.717, 1.165) is 18.4 Å². The molecule has 1 atom stereocenters. The van der Waals surface area contributed by atoms with E-state index in [4.69, 9.17) is 28.9 Å². The number of rotatable bonds is 6. The number of nitrogens with two attached hydrogens (primary N) is 1. The van der Waals surface area contributed by atoms with Gasteiger partial charge in [-0.05, 0) is 25.5 Å². The molecule has 0 aliphatic heterocycles. The normalized spacial score (nSPS) is 11.9. The Morgan fingerprint density at radius 3 is 2.68 bits per heavy atom. The summed E-state index contributed by atoms with van der Waals surface area (Å²) in [7, 11) is 0. The van der Waals surface area contributed by atoms with Crippen LogP contribution in [-0.2, 0) is 0 Å². The predicted molar refractivity (Wildman–Crippen MR) is 99.4 cm³/mol. The van der Waals surface area contributed by atoms with Gasteiger partial charge in [-0.2, -0.15) is 0 Å². The number of benzene rings is 1. The zero-order valence-electron chi connectivity index (χ0n) is 13.4. The van der Waals surface area contributed by atoms with E-state index in [1.807, 2.05) is 13.8 Å². The van der Waals surface area contributed by atoms with Crippen molar-refractivity contribution in [2.45, 2.75) is 31.5 Å². The van der Waals surface area contributed by atoms with Crippen molar-refractivity contribution < 1.29 is 9.18 Å². The van der Waals surface area contributed by atoms with Crippen molar-refractivity contribution in [1.29, 1.82) is 0 Å². The molecule has 1 aromatic carbocycles. The number of anilines is 1. The number of nitrogens with zero attached hydrogens (tertiary/aromatic N) is 2. The van der Waals surface area contributed by atoms with Crippen LogP contribution in [0.1, 0.15) is 20.3 Å². The quantitative estimate of drug-likeness (QED) is 0.375. The van der Waals surface area contributed by atoms with E-state index in [1.165, 1.54) is 12.1 Å². The third-order valence-electron chi connectivity index (χ3n) is 3.30. The van der Waals surface area contributed by atoms with Gasteiger partial charge in [-0.25, -0.2) is 19.2 Å². The Morgan fingerprint density at radius 1 is 1.36 bits per heavy atom. The number of halogens is 3. The van der Waals surface area contributed by atoms with Crippen molar-refractivity contribution in [3.8, 4) is 11.1 Å². The van der Waals surface area contributed by atoms with Crippen LogP contribution in [-0.4, -0.2) is 22.0 Å². The summed E-state index contributed by atoms with van der Waals surface area (Å²) in [6.45, 7) is 3.93. The molecule has 25 heavy (non-hydrogen) atoms. The van der Waals surface area contributed by atoms with Crippen molar-refractivity contribution in [1.82, 2.24) is 14.7 Å². The summed E-state index contributed by atoms with van der Waals surface area (Å²) in [5, 5.41) is 3.51. The monoisotopic (exact) mass is 403 g/mol. The first-order valence-electron chi connectivity index (χ1n) is 7.34. The Kier molecular flexibility index (Phi) is 6.69. The zero-order valence-corrected chi connectivity index (χ0v) is 15.8. The summed E-state index contributed by atoms with van der Waals surface area (Å²) < 4.78 is 16.7. The van der Waals surface area contributed by atoms with E-state index in [-0.39, 0.29) is 32.5 Å². The van der Waals surface area contributed by atoms with Gasteiger partial charge in [0, 0.05) is 23.6 Å². The fourth-order valence-electron chi connectivity index (χ4n) is 1.95. The summed E-state index contributed by atoms with van der Waals surface area (Å²) in [5.41, 5.74) is 5.41. The molecule has 0 saturated carbocycles. The fourth-order valence-corrected chi connectivity index (χ4v) is 2.99. The number of urea groups is 1. The van der Waals surface area contributed by atoms with Crippen LogP contribution >= 0.6 is 35.1 Å². The molecule has 1 unspecified atom stereocenters. The average Bonchev–Trinajstić information content (AvgIpc) is 2.54. The molecule has 2 aromatic rings. The van der Waals surface area contributed by atoms with Crippen LogP contribution < -0.4 is 15.8 Å². The second-order valence-corrected chi connectivity index (χ2v) is 6.68. The van der Waals surface area contributed by atoms with Crippen molar-refractivity contribution in [2.75, 3.05) is 5.32 Å². The van der Waals surface area contributed by atoms with Crippen LogP contribution in [0.5, 0.6) is 0 Å². The summed E-state index contributed by atoms with van der Waals surface area (Å²) in [6, 6.07) is 3.63. The molecule has 0 fully saturated rings.